The zero-order chi connectivity index (χ0) is 15.8. The van der Waals surface area contributed by atoms with Crippen LogP contribution in [0.2, 0.25) is 0 Å². The lowest BCUT2D eigenvalue weighted by Gasteiger charge is -2.09. The molecule has 0 bridgehead atoms. The van der Waals surface area contributed by atoms with Gasteiger partial charge in [-0.25, -0.2) is 8.42 Å². The topological polar surface area (TPSA) is 34.1 Å². The first-order valence-corrected chi connectivity index (χ1v) is 9.39. The molecular formula is C18H18O2S2. The summed E-state index contributed by atoms with van der Waals surface area (Å²) in [6.45, 7) is 3.69. The molecular weight excluding hydrogens is 312 g/mol. The third kappa shape index (κ3) is 4.90. The molecule has 0 aromatic heterocycles. The summed E-state index contributed by atoms with van der Waals surface area (Å²) in [5, 5.41) is 0. The van der Waals surface area contributed by atoms with Gasteiger partial charge in [0.05, 0.1) is 10.6 Å². The number of sulfone groups is 1. The minimum Gasteiger partial charge on any atom is -0.223 e. The maximum atomic E-state index is 12.5. The van der Waals surface area contributed by atoms with Crippen LogP contribution < -0.4 is 0 Å². The van der Waals surface area contributed by atoms with Gasteiger partial charge in [-0.3, -0.25) is 0 Å². The molecule has 0 radical (unpaired) electrons. The lowest BCUT2D eigenvalue weighted by molar-refractivity contribution is 0.598. The van der Waals surface area contributed by atoms with Crippen molar-refractivity contribution < 1.29 is 8.42 Å². The third-order valence-corrected chi connectivity index (χ3v) is 5.88. The number of hydrogen-bond donors (Lipinski definition) is 0. The van der Waals surface area contributed by atoms with Crippen LogP contribution in [0.25, 0.3) is 0 Å². The van der Waals surface area contributed by atoms with Gasteiger partial charge in [0.1, 0.15) is 0 Å². The molecule has 0 atom stereocenters. The minimum absolute atomic E-state index is 0.00438. The van der Waals surface area contributed by atoms with E-state index < -0.39 is 9.84 Å². The SMILES string of the molecule is C=CC/C=C(\CS(=O)(=O)c1ccccc1)Sc1ccccc1. The fraction of sp³-hybridized carbons (Fsp3) is 0.111. The molecule has 2 rings (SSSR count). The van der Waals surface area contributed by atoms with Crippen LogP contribution >= 0.6 is 11.8 Å². The van der Waals surface area contributed by atoms with E-state index in [1.807, 2.05) is 42.5 Å². The lowest BCUT2D eigenvalue weighted by atomic mass is 10.4. The van der Waals surface area contributed by atoms with Crippen LogP contribution in [0.5, 0.6) is 0 Å². The molecule has 0 spiro atoms. The molecule has 4 heteroatoms. The summed E-state index contributed by atoms with van der Waals surface area (Å²) < 4.78 is 25.0. The number of benzene rings is 2. The molecule has 2 aromatic rings. The third-order valence-electron chi connectivity index (χ3n) is 2.94. The van der Waals surface area contributed by atoms with Crippen molar-refractivity contribution in [1.29, 1.82) is 0 Å². The molecule has 0 amide bonds. The van der Waals surface area contributed by atoms with Crippen LogP contribution in [-0.2, 0) is 9.84 Å². The van der Waals surface area contributed by atoms with E-state index in [-0.39, 0.29) is 5.75 Å². The summed E-state index contributed by atoms with van der Waals surface area (Å²) >= 11 is 1.48. The predicted octanol–water partition coefficient (Wildman–Crippen LogP) is 4.71. The molecule has 0 saturated carbocycles. The second kappa shape index (κ2) is 8.01. The Hall–Kier alpha value is -1.78. The molecule has 114 valence electrons. The Morgan fingerprint density at radius 1 is 1.00 bits per heavy atom. The number of thioether (sulfide) groups is 1. The highest BCUT2D eigenvalue weighted by atomic mass is 32.2. The molecule has 22 heavy (non-hydrogen) atoms. The standard InChI is InChI=1S/C18H18O2S2/c1-2-3-10-17(21-16-11-6-4-7-12-16)15-22(19,20)18-13-8-5-9-14-18/h2,4-14H,1,3,15H2/b17-10+. The second-order valence-electron chi connectivity index (χ2n) is 4.68. The van der Waals surface area contributed by atoms with E-state index in [2.05, 4.69) is 6.58 Å². The van der Waals surface area contributed by atoms with E-state index in [0.29, 0.717) is 11.3 Å². The van der Waals surface area contributed by atoms with Crippen LogP contribution in [0, 0.1) is 0 Å². The van der Waals surface area contributed by atoms with E-state index >= 15 is 0 Å². The highest BCUT2D eigenvalue weighted by molar-refractivity contribution is 8.04. The molecule has 0 fully saturated rings. The normalized spacial score (nSPS) is 12.1. The molecule has 0 N–H and O–H groups in total. The summed E-state index contributed by atoms with van der Waals surface area (Å²) in [6, 6.07) is 18.3. The Morgan fingerprint density at radius 3 is 2.18 bits per heavy atom. The van der Waals surface area contributed by atoms with E-state index in [9.17, 15) is 8.42 Å². The highest BCUT2D eigenvalue weighted by Gasteiger charge is 2.17. The van der Waals surface area contributed by atoms with Crippen molar-refractivity contribution in [3.8, 4) is 0 Å². The average Bonchev–Trinajstić information content (AvgIpc) is 2.54. The quantitative estimate of drug-likeness (QED) is 0.544. The van der Waals surface area contributed by atoms with Gasteiger partial charge in [0, 0.05) is 9.80 Å². The van der Waals surface area contributed by atoms with Gasteiger partial charge in [-0.15, -0.1) is 6.58 Å². The van der Waals surface area contributed by atoms with E-state index in [1.54, 1.807) is 30.3 Å². The molecule has 0 saturated heterocycles. The second-order valence-corrected chi connectivity index (χ2v) is 7.87. The van der Waals surface area contributed by atoms with Crippen molar-refractivity contribution in [2.24, 2.45) is 0 Å². The van der Waals surface area contributed by atoms with Gasteiger partial charge >= 0.3 is 0 Å². The monoisotopic (exact) mass is 330 g/mol. The molecule has 0 aliphatic heterocycles. The maximum absolute atomic E-state index is 12.5. The number of rotatable bonds is 7. The van der Waals surface area contributed by atoms with Crippen LogP contribution in [0.4, 0.5) is 0 Å². The first kappa shape index (κ1) is 16.6. The summed E-state index contributed by atoms with van der Waals surface area (Å²) in [5.41, 5.74) is 0. The average molecular weight is 330 g/mol. The fourth-order valence-electron chi connectivity index (χ4n) is 1.88. The maximum Gasteiger partial charge on any atom is 0.183 e. The molecule has 2 nitrogen and oxygen atoms in total. The number of hydrogen-bond acceptors (Lipinski definition) is 3. The largest absolute Gasteiger partial charge is 0.223 e. The van der Waals surface area contributed by atoms with Gasteiger partial charge in [0.25, 0.3) is 0 Å². The molecule has 0 aliphatic rings. The van der Waals surface area contributed by atoms with Crippen LogP contribution in [-0.4, -0.2) is 14.2 Å². The van der Waals surface area contributed by atoms with Crippen molar-refractivity contribution in [3.05, 3.63) is 84.3 Å². The van der Waals surface area contributed by atoms with E-state index in [1.165, 1.54) is 11.8 Å². The van der Waals surface area contributed by atoms with Crippen molar-refractivity contribution in [3.63, 3.8) is 0 Å². The van der Waals surface area contributed by atoms with Crippen molar-refractivity contribution >= 4 is 21.6 Å². The Bertz CT molecular complexity index is 733. The van der Waals surface area contributed by atoms with Gasteiger partial charge in [-0.05, 0) is 30.7 Å². The first-order valence-electron chi connectivity index (χ1n) is 6.92. The molecule has 0 unspecified atom stereocenters. The zero-order valence-corrected chi connectivity index (χ0v) is 13.8. The molecule has 2 aromatic carbocycles. The Morgan fingerprint density at radius 2 is 1.59 bits per heavy atom. The molecule has 0 heterocycles. The van der Waals surface area contributed by atoms with Gasteiger partial charge in [-0.2, -0.15) is 0 Å². The van der Waals surface area contributed by atoms with Gasteiger partial charge in [0.15, 0.2) is 9.84 Å². The van der Waals surface area contributed by atoms with Gasteiger partial charge < -0.3 is 0 Å². The lowest BCUT2D eigenvalue weighted by Crippen LogP contribution is -2.07. The van der Waals surface area contributed by atoms with E-state index in [4.69, 9.17) is 0 Å². The molecule has 0 aliphatic carbocycles. The highest BCUT2D eigenvalue weighted by Crippen LogP contribution is 2.29. The van der Waals surface area contributed by atoms with Gasteiger partial charge in [0.2, 0.25) is 0 Å². The summed E-state index contributed by atoms with van der Waals surface area (Å²) in [5.74, 6) is 0.00438. The first-order chi connectivity index (χ1) is 10.6. The zero-order valence-electron chi connectivity index (χ0n) is 12.2. The van der Waals surface area contributed by atoms with Crippen molar-refractivity contribution in [1.82, 2.24) is 0 Å². The van der Waals surface area contributed by atoms with E-state index in [0.717, 1.165) is 9.80 Å². The Labute approximate surface area is 136 Å². The summed E-state index contributed by atoms with van der Waals surface area (Å²) in [6.07, 6.45) is 4.34. The fourth-order valence-corrected chi connectivity index (χ4v) is 4.59. The predicted molar refractivity (Wildman–Crippen MR) is 93.7 cm³/mol. The minimum atomic E-state index is -3.33. The number of allylic oxidation sites excluding steroid dienone is 2. The van der Waals surface area contributed by atoms with Gasteiger partial charge in [-0.1, -0.05) is 60.3 Å². The van der Waals surface area contributed by atoms with Crippen molar-refractivity contribution in [2.75, 3.05) is 5.75 Å². The van der Waals surface area contributed by atoms with Crippen LogP contribution in [0.1, 0.15) is 6.42 Å². The Balaban J connectivity index is 2.22. The summed E-state index contributed by atoms with van der Waals surface area (Å²) in [7, 11) is -3.33. The van der Waals surface area contributed by atoms with Crippen LogP contribution in [0.3, 0.4) is 0 Å². The smallest absolute Gasteiger partial charge is 0.183 e. The van der Waals surface area contributed by atoms with Crippen LogP contribution in [0.15, 0.2) is 94.1 Å². The summed E-state index contributed by atoms with van der Waals surface area (Å²) in [4.78, 5) is 2.20. The van der Waals surface area contributed by atoms with Crippen molar-refractivity contribution in [2.45, 2.75) is 16.2 Å². The Kier molecular flexibility index (Phi) is 6.04.